The molecule has 0 aliphatic heterocycles. The van der Waals surface area contributed by atoms with E-state index in [0.29, 0.717) is 12.5 Å². The maximum atomic E-state index is 5.63. The summed E-state index contributed by atoms with van der Waals surface area (Å²) in [7, 11) is 0. The summed E-state index contributed by atoms with van der Waals surface area (Å²) in [6, 6.07) is 3.80. The molecule has 4 nitrogen and oxygen atoms in total. The van der Waals surface area contributed by atoms with Crippen LogP contribution in [0.3, 0.4) is 0 Å². The number of hydrogen-bond acceptors (Lipinski definition) is 2. The molecule has 0 aromatic carbocycles. The first kappa shape index (κ1) is 15.0. The summed E-state index contributed by atoms with van der Waals surface area (Å²) in [6.45, 7) is 6.95. The summed E-state index contributed by atoms with van der Waals surface area (Å²) in [5.74, 6) is 1.39. The fraction of sp³-hybridized carbons (Fsp3) is 0.364. The Kier molecular flexibility index (Phi) is 7.70. The second kappa shape index (κ2) is 8.20. The van der Waals surface area contributed by atoms with E-state index in [-0.39, 0.29) is 24.0 Å². The molecule has 0 unspecified atom stereocenters. The minimum atomic E-state index is 0. The van der Waals surface area contributed by atoms with Gasteiger partial charge in [0.2, 0.25) is 0 Å². The summed E-state index contributed by atoms with van der Waals surface area (Å²) < 4.78 is 5.18. The number of rotatable bonds is 5. The van der Waals surface area contributed by atoms with Crippen LogP contribution >= 0.6 is 24.0 Å². The van der Waals surface area contributed by atoms with Crippen LogP contribution in [0, 0.1) is 0 Å². The van der Waals surface area contributed by atoms with Gasteiger partial charge in [-0.25, -0.2) is 4.99 Å². The molecule has 0 spiro atoms. The predicted molar refractivity (Wildman–Crippen MR) is 77.1 cm³/mol. The molecule has 16 heavy (non-hydrogen) atoms. The molecule has 0 aliphatic carbocycles. The molecule has 5 heteroatoms. The zero-order valence-electron chi connectivity index (χ0n) is 9.40. The van der Waals surface area contributed by atoms with E-state index in [9.17, 15) is 0 Å². The lowest BCUT2D eigenvalue weighted by Crippen LogP contribution is -2.33. The Morgan fingerprint density at radius 3 is 2.94 bits per heavy atom. The van der Waals surface area contributed by atoms with Gasteiger partial charge in [-0.1, -0.05) is 12.2 Å². The third-order valence-electron chi connectivity index (χ3n) is 1.78. The third kappa shape index (κ3) is 6.49. The van der Waals surface area contributed by atoms with Gasteiger partial charge in [-0.15, -0.1) is 24.0 Å². The van der Waals surface area contributed by atoms with Gasteiger partial charge in [0.15, 0.2) is 5.96 Å². The van der Waals surface area contributed by atoms with Crippen LogP contribution < -0.4 is 11.1 Å². The number of furan rings is 1. The highest BCUT2D eigenvalue weighted by Gasteiger charge is 1.95. The minimum absolute atomic E-state index is 0. The topological polar surface area (TPSA) is 63.5 Å². The number of hydrogen-bond donors (Lipinski definition) is 2. The number of nitrogens with one attached hydrogen (secondary N) is 1. The summed E-state index contributed by atoms with van der Waals surface area (Å²) in [5, 5.41) is 3.00. The van der Waals surface area contributed by atoms with Crippen LogP contribution in [0.5, 0.6) is 0 Å². The zero-order valence-corrected chi connectivity index (χ0v) is 11.7. The monoisotopic (exact) mass is 335 g/mol. The van der Waals surface area contributed by atoms with Crippen LogP contribution in [0.2, 0.25) is 0 Å². The largest absolute Gasteiger partial charge is 0.469 e. The van der Waals surface area contributed by atoms with E-state index >= 15 is 0 Å². The van der Waals surface area contributed by atoms with Crippen molar-refractivity contribution in [1.82, 2.24) is 5.32 Å². The second-order valence-electron chi connectivity index (χ2n) is 3.41. The second-order valence-corrected chi connectivity index (χ2v) is 3.41. The number of nitrogens with zero attached hydrogens (tertiary/aromatic N) is 1. The van der Waals surface area contributed by atoms with Gasteiger partial charge in [0.25, 0.3) is 0 Å². The summed E-state index contributed by atoms with van der Waals surface area (Å²) >= 11 is 0. The van der Waals surface area contributed by atoms with Crippen LogP contribution in [0.1, 0.15) is 12.7 Å². The Labute approximate surface area is 113 Å². The smallest absolute Gasteiger partial charge is 0.188 e. The maximum Gasteiger partial charge on any atom is 0.188 e. The van der Waals surface area contributed by atoms with Crippen LogP contribution in [0.4, 0.5) is 0 Å². The standard InChI is InChI=1S/C11H17N3O.HI/c1-9(2)8-14-11(12)13-6-5-10-4-3-7-15-10;/h3-4,7H,1,5-6,8H2,2H3,(H3,12,13,14);1H. The van der Waals surface area contributed by atoms with E-state index in [4.69, 9.17) is 10.2 Å². The van der Waals surface area contributed by atoms with Gasteiger partial charge in [-0.2, -0.15) is 0 Å². The Balaban J connectivity index is 0.00000225. The van der Waals surface area contributed by atoms with Crippen molar-refractivity contribution >= 4 is 29.9 Å². The molecule has 90 valence electrons. The highest BCUT2D eigenvalue weighted by atomic mass is 127. The van der Waals surface area contributed by atoms with Gasteiger partial charge in [-0.3, -0.25) is 0 Å². The van der Waals surface area contributed by atoms with E-state index in [2.05, 4.69) is 16.9 Å². The molecule has 0 saturated heterocycles. The van der Waals surface area contributed by atoms with E-state index in [1.165, 1.54) is 0 Å². The molecular weight excluding hydrogens is 317 g/mol. The average molecular weight is 335 g/mol. The first-order valence-electron chi connectivity index (χ1n) is 4.89. The molecule has 1 aromatic rings. The molecular formula is C11H18IN3O. The molecule has 1 aromatic heterocycles. The van der Waals surface area contributed by atoms with E-state index in [1.54, 1.807) is 6.26 Å². The summed E-state index contributed by atoms with van der Waals surface area (Å²) in [5.41, 5.74) is 6.62. The third-order valence-corrected chi connectivity index (χ3v) is 1.78. The molecule has 1 heterocycles. The molecule has 1 rings (SSSR count). The van der Waals surface area contributed by atoms with Crippen molar-refractivity contribution in [3.8, 4) is 0 Å². The Hall–Kier alpha value is -0.980. The van der Waals surface area contributed by atoms with Crippen molar-refractivity contribution in [3.05, 3.63) is 36.3 Å². The van der Waals surface area contributed by atoms with Crippen LogP contribution in [-0.2, 0) is 6.42 Å². The number of halogens is 1. The van der Waals surface area contributed by atoms with E-state index in [1.807, 2.05) is 19.1 Å². The molecule has 0 saturated carbocycles. The van der Waals surface area contributed by atoms with Crippen LogP contribution in [0.15, 0.2) is 40.0 Å². The van der Waals surface area contributed by atoms with Gasteiger partial charge in [-0.05, 0) is 19.1 Å². The van der Waals surface area contributed by atoms with Gasteiger partial charge >= 0.3 is 0 Å². The molecule has 0 aliphatic rings. The Morgan fingerprint density at radius 2 is 2.38 bits per heavy atom. The van der Waals surface area contributed by atoms with Gasteiger partial charge in [0.05, 0.1) is 12.8 Å². The van der Waals surface area contributed by atoms with Crippen molar-refractivity contribution < 1.29 is 4.42 Å². The lowest BCUT2D eigenvalue weighted by Gasteiger charge is -2.03. The van der Waals surface area contributed by atoms with Crippen LogP contribution in [-0.4, -0.2) is 19.0 Å². The van der Waals surface area contributed by atoms with E-state index < -0.39 is 0 Å². The first-order valence-corrected chi connectivity index (χ1v) is 4.89. The van der Waals surface area contributed by atoms with Crippen molar-refractivity contribution in [2.45, 2.75) is 13.3 Å². The van der Waals surface area contributed by atoms with Gasteiger partial charge in [0, 0.05) is 13.0 Å². The first-order chi connectivity index (χ1) is 7.18. The minimum Gasteiger partial charge on any atom is -0.469 e. The van der Waals surface area contributed by atoms with Crippen molar-refractivity contribution in [2.75, 3.05) is 13.1 Å². The normalized spacial score (nSPS) is 10.7. The fourth-order valence-electron chi connectivity index (χ4n) is 1.04. The number of nitrogens with two attached hydrogens (primary N) is 1. The number of guanidine groups is 1. The van der Waals surface area contributed by atoms with Crippen molar-refractivity contribution in [2.24, 2.45) is 10.7 Å². The summed E-state index contributed by atoms with van der Waals surface area (Å²) in [4.78, 5) is 4.10. The van der Waals surface area contributed by atoms with Gasteiger partial charge < -0.3 is 15.5 Å². The molecule has 0 amide bonds. The average Bonchev–Trinajstić information content (AvgIpc) is 2.67. The zero-order chi connectivity index (χ0) is 11.1. The lowest BCUT2D eigenvalue weighted by atomic mass is 10.3. The molecule has 0 bridgehead atoms. The molecule has 0 atom stereocenters. The highest BCUT2D eigenvalue weighted by Crippen LogP contribution is 1.99. The summed E-state index contributed by atoms with van der Waals surface area (Å²) in [6.07, 6.45) is 2.46. The molecule has 3 N–H and O–H groups in total. The SMILES string of the molecule is C=C(C)CN=C(N)NCCc1ccco1.I. The quantitative estimate of drug-likeness (QED) is 0.374. The van der Waals surface area contributed by atoms with Crippen molar-refractivity contribution in [1.29, 1.82) is 0 Å². The Morgan fingerprint density at radius 1 is 1.62 bits per heavy atom. The lowest BCUT2D eigenvalue weighted by molar-refractivity contribution is 0.507. The Bertz CT molecular complexity index is 333. The predicted octanol–water partition coefficient (Wildman–Crippen LogP) is 1.92. The fourth-order valence-corrected chi connectivity index (χ4v) is 1.04. The van der Waals surface area contributed by atoms with Crippen molar-refractivity contribution in [3.63, 3.8) is 0 Å². The molecule has 0 radical (unpaired) electrons. The van der Waals surface area contributed by atoms with E-state index in [0.717, 1.165) is 24.3 Å². The van der Waals surface area contributed by atoms with Crippen LogP contribution in [0.25, 0.3) is 0 Å². The van der Waals surface area contributed by atoms with Gasteiger partial charge in [0.1, 0.15) is 5.76 Å². The maximum absolute atomic E-state index is 5.63. The number of aliphatic imine (C=N–C) groups is 1. The highest BCUT2D eigenvalue weighted by molar-refractivity contribution is 14.0. The molecule has 0 fully saturated rings.